The molecule has 6 nitrogen and oxygen atoms in total. The van der Waals surface area contributed by atoms with Gasteiger partial charge in [0.25, 0.3) is 0 Å². The van der Waals surface area contributed by atoms with E-state index in [2.05, 4.69) is 11.1 Å². The lowest BCUT2D eigenvalue weighted by atomic mass is 9.96. The highest BCUT2D eigenvalue weighted by atomic mass is 32.2. The standard InChI is InChI=1S/C28H29N3O3S/c1-19-5-3-8-26(30-19)28-24(6-4-7-25(31-28)22-14-16-34-18-22)21-13-15-29-27(17-21)20-9-11-23(12-10-20)35(2,32)33/h3,5-6,8-13,15,17,22,25H,4,7,14,16,18H2,1-2H3/t22?,25-/m1/s1. The molecule has 7 heteroatoms. The molecule has 0 spiro atoms. The minimum Gasteiger partial charge on any atom is -0.381 e. The van der Waals surface area contributed by atoms with Crippen molar-refractivity contribution >= 4 is 21.1 Å². The minimum absolute atomic E-state index is 0.202. The van der Waals surface area contributed by atoms with Crippen molar-refractivity contribution in [1.82, 2.24) is 9.97 Å². The van der Waals surface area contributed by atoms with Crippen LogP contribution in [0.3, 0.4) is 0 Å². The fraction of sp³-hybridized carbons (Fsp3) is 0.321. The predicted molar refractivity (Wildman–Crippen MR) is 138 cm³/mol. The van der Waals surface area contributed by atoms with Gasteiger partial charge in [0.2, 0.25) is 0 Å². The molecule has 4 heterocycles. The summed E-state index contributed by atoms with van der Waals surface area (Å²) in [5.41, 5.74) is 6.46. The van der Waals surface area contributed by atoms with Crippen LogP contribution in [0.25, 0.3) is 16.8 Å². The van der Waals surface area contributed by atoms with Gasteiger partial charge >= 0.3 is 0 Å². The third-order valence-corrected chi connectivity index (χ3v) is 7.78. The number of hydrogen-bond acceptors (Lipinski definition) is 6. The van der Waals surface area contributed by atoms with Crippen LogP contribution in [-0.4, -0.2) is 49.6 Å². The molecule has 2 aromatic heterocycles. The molecule has 0 saturated carbocycles. The maximum atomic E-state index is 11.8. The highest BCUT2D eigenvalue weighted by Gasteiger charge is 2.28. The molecule has 0 bridgehead atoms. The van der Waals surface area contributed by atoms with Gasteiger partial charge in [0, 0.05) is 41.8 Å². The fourth-order valence-corrected chi connectivity index (χ4v) is 5.39. The summed E-state index contributed by atoms with van der Waals surface area (Å²) in [6.07, 6.45) is 8.23. The number of benzene rings is 1. The first-order valence-corrected chi connectivity index (χ1v) is 13.8. The number of nitrogens with zero attached hydrogens (tertiary/aromatic N) is 3. The van der Waals surface area contributed by atoms with Gasteiger partial charge in [0.15, 0.2) is 9.84 Å². The summed E-state index contributed by atoms with van der Waals surface area (Å²) >= 11 is 0. The van der Waals surface area contributed by atoms with Crippen molar-refractivity contribution < 1.29 is 13.2 Å². The Morgan fingerprint density at radius 1 is 0.971 bits per heavy atom. The molecule has 0 aliphatic carbocycles. The first-order chi connectivity index (χ1) is 16.9. The van der Waals surface area contributed by atoms with E-state index in [0.29, 0.717) is 10.8 Å². The number of pyridine rings is 2. The number of aliphatic imine (C=N–C) groups is 1. The Labute approximate surface area is 206 Å². The lowest BCUT2D eigenvalue weighted by molar-refractivity contribution is 0.180. The Morgan fingerprint density at radius 2 is 1.80 bits per heavy atom. The summed E-state index contributed by atoms with van der Waals surface area (Å²) in [6, 6.07) is 17.2. The van der Waals surface area contributed by atoms with Crippen molar-refractivity contribution in [2.75, 3.05) is 19.5 Å². The number of aromatic nitrogens is 2. The third kappa shape index (κ3) is 5.26. The summed E-state index contributed by atoms with van der Waals surface area (Å²) < 4.78 is 29.3. The van der Waals surface area contributed by atoms with Gasteiger partial charge in [-0.05, 0) is 68.1 Å². The molecule has 5 rings (SSSR count). The average Bonchev–Trinajstić information content (AvgIpc) is 3.30. The number of ether oxygens (including phenoxy) is 1. The number of sulfone groups is 1. The van der Waals surface area contributed by atoms with Crippen LogP contribution in [0.15, 0.2) is 76.8 Å². The zero-order chi connectivity index (χ0) is 24.4. The van der Waals surface area contributed by atoms with Crippen LogP contribution >= 0.6 is 0 Å². The van der Waals surface area contributed by atoms with E-state index in [4.69, 9.17) is 14.7 Å². The predicted octanol–water partition coefficient (Wildman–Crippen LogP) is 4.93. The minimum atomic E-state index is -3.25. The van der Waals surface area contributed by atoms with Gasteiger partial charge in [-0.1, -0.05) is 24.3 Å². The van der Waals surface area contributed by atoms with E-state index in [1.165, 1.54) is 6.26 Å². The Hall–Kier alpha value is -3.16. The number of aryl methyl sites for hydroxylation is 1. The maximum Gasteiger partial charge on any atom is 0.175 e. The van der Waals surface area contributed by atoms with E-state index in [-0.39, 0.29) is 6.04 Å². The summed E-state index contributed by atoms with van der Waals surface area (Å²) in [4.78, 5) is 15.0. The molecule has 2 atom stereocenters. The van der Waals surface area contributed by atoms with Crippen LogP contribution in [0.4, 0.5) is 0 Å². The van der Waals surface area contributed by atoms with Crippen molar-refractivity contribution in [1.29, 1.82) is 0 Å². The highest BCUT2D eigenvalue weighted by Crippen LogP contribution is 2.32. The molecule has 0 amide bonds. The molecule has 1 fully saturated rings. The van der Waals surface area contributed by atoms with Gasteiger partial charge in [-0.15, -0.1) is 0 Å². The lowest BCUT2D eigenvalue weighted by Gasteiger charge is -2.18. The van der Waals surface area contributed by atoms with E-state index in [1.807, 2.05) is 37.3 Å². The van der Waals surface area contributed by atoms with Gasteiger partial charge < -0.3 is 4.74 Å². The monoisotopic (exact) mass is 487 g/mol. The Morgan fingerprint density at radius 3 is 2.51 bits per heavy atom. The second kappa shape index (κ2) is 9.84. The van der Waals surface area contributed by atoms with Crippen LogP contribution < -0.4 is 0 Å². The smallest absolute Gasteiger partial charge is 0.175 e. The molecule has 0 N–H and O–H groups in total. The Balaban J connectivity index is 1.55. The van der Waals surface area contributed by atoms with E-state index in [1.54, 1.807) is 30.5 Å². The van der Waals surface area contributed by atoms with Crippen molar-refractivity contribution in [2.45, 2.75) is 37.1 Å². The van der Waals surface area contributed by atoms with Crippen molar-refractivity contribution in [3.8, 4) is 11.3 Å². The van der Waals surface area contributed by atoms with Gasteiger partial charge in [-0.3, -0.25) is 15.0 Å². The van der Waals surface area contributed by atoms with Gasteiger partial charge in [0.1, 0.15) is 0 Å². The second-order valence-corrected chi connectivity index (χ2v) is 11.3. The summed E-state index contributed by atoms with van der Waals surface area (Å²) in [6.45, 7) is 3.57. The average molecular weight is 488 g/mol. The quantitative estimate of drug-likeness (QED) is 0.510. The third-order valence-electron chi connectivity index (χ3n) is 6.65. The van der Waals surface area contributed by atoms with Crippen molar-refractivity contribution in [2.24, 2.45) is 10.9 Å². The number of hydrogen-bond donors (Lipinski definition) is 0. The molecule has 180 valence electrons. The van der Waals surface area contributed by atoms with E-state index in [0.717, 1.165) is 72.0 Å². The molecule has 2 aliphatic rings. The molecule has 0 radical (unpaired) electrons. The molecular weight excluding hydrogens is 458 g/mol. The fourth-order valence-electron chi connectivity index (χ4n) is 4.75. The van der Waals surface area contributed by atoms with Crippen LogP contribution in [0, 0.1) is 12.8 Å². The molecule has 1 unspecified atom stereocenters. The lowest BCUT2D eigenvalue weighted by Crippen LogP contribution is -2.21. The second-order valence-electron chi connectivity index (χ2n) is 9.25. The van der Waals surface area contributed by atoms with Gasteiger partial charge in [0.05, 0.1) is 34.6 Å². The van der Waals surface area contributed by atoms with Gasteiger partial charge in [-0.25, -0.2) is 8.42 Å². The summed E-state index contributed by atoms with van der Waals surface area (Å²) in [5, 5.41) is 0. The molecule has 1 saturated heterocycles. The van der Waals surface area contributed by atoms with E-state index in [9.17, 15) is 8.42 Å². The molecule has 35 heavy (non-hydrogen) atoms. The molecule has 3 aromatic rings. The zero-order valence-corrected chi connectivity index (χ0v) is 20.8. The van der Waals surface area contributed by atoms with E-state index >= 15 is 0 Å². The van der Waals surface area contributed by atoms with E-state index < -0.39 is 9.84 Å². The van der Waals surface area contributed by atoms with Crippen LogP contribution in [0.1, 0.15) is 36.2 Å². The Bertz CT molecular complexity index is 1390. The zero-order valence-electron chi connectivity index (χ0n) is 20.0. The van der Waals surface area contributed by atoms with Crippen molar-refractivity contribution in [3.05, 3.63) is 83.8 Å². The van der Waals surface area contributed by atoms with Crippen molar-refractivity contribution in [3.63, 3.8) is 0 Å². The highest BCUT2D eigenvalue weighted by molar-refractivity contribution is 7.90. The summed E-state index contributed by atoms with van der Waals surface area (Å²) in [5.74, 6) is 0.434. The first kappa shape index (κ1) is 23.6. The maximum absolute atomic E-state index is 11.8. The SMILES string of the molecule is Cc1cccc(C2=N[C@@H](C3CCOC3)CCC=C2c2ccnc(-c3ccc(S(C)(=O)=O)cc3)c2)n1. The largest absolute Gasteiger partial charge is 0.381 e. The van der Waals surface area contributed by atoms with Crippen LogP contribution in [-0.2, 0) is 14.6 Å². The number of rotatable bonds is 5. The Kier molecular flexibility index (Phi) is 6.62. The molecule has 2 aliphatic heterocycles. The number of allylic oxidation sites excluding steroid dienone is 2. The topological polar surface area (TPSA) is 81.5 Å². The molecule has 1 aromatic carbocycles. The molecular formula is C28H29N3O3S. The van der Waals surface area contributed by atoms with Gasteiger partial charge in [-0.2, -0.15) is 0 Å². The first-order valence-electron chi connectivity index (χ1n) is 12.0. The normalized spacial score (nSPS) is 20.7. The van der Waals surface area contributed by atoms with Crippen LogP contribution in [0.2, 0.25) is 0 Å². The summed E-state index contributed by atoms with van der Waals surface area (Å²) in [7, 11) is -3.25. The van der Waals surface area contributed by atoms with Crippen LogP contribution in [0.5, 0.6) is 0 Å².